The molecule has 0 aliphatic rings. The highest BCUT2D eigenvalue weighted by Crippen LogP contribution is 2.12. The van der Waals surface area contributed by atoms with Gasteiger partial charge >= 0.3 is 0 Å². The van der Waals surface area contributed by atoms with Crippen molar-refractivity contribution in [2.24, 2.45) is 5.84 Å². The number of allylic oxidation sites excluding steroid dienone is 1. The van der Waals surface area contributed by atoms with E-state index in [1.165, 1.54) is 10.9 Å². The number of hydrogen-bond donors (Lipinski definition) is 2. The van der Waals surface area contributed by atoms with Crippen LogP contribution >= 0.6 is 11.6 Å². The zero-order valence-corrected chi connectivity index (χ0v) is 7.58. The van der Waals surface area contributed by atoms with Crippen molar-refractivity contribution in [3.63, 3.8) is 0 Å². The molecular formula is C7H9ClN4O. The first-order valence-electron chi connectivity index (χ1n) is 3.53. The van der Waals surface area contributed by atoms with E-state index in [-0.39, 0.29) is 5.02 Å². The molecule has 5 nitrogen and oxygen atoms in total. The average molecular weight is 201 g/mol. The summed E-state index contributed by atoms with van der Waals surface area (Å²) in [6.07, 6.45) is 2.94. The van der Waals surface area contributed by atoms with E-state index >= 15 is 0 Å². The van der Waals surface area contributed by atoms with Crippen LogP contribution in [0.1, 0.15) is 0 Å². The second-order valence-corrected chi connectivity index (χ2v) is 2.67. The Bertz CT molecular complexity index is 373. The van der Waals surface area contributed by atoms with Crippen LogP contribution in [-0.2, 0) is 6.54 Å². The number of nitrogen functional groups attached to an aromatic ring is 1. The normalized spacial score (nSPS) is 9.69. The monoisotopic (exact) mass is 200 g/mol. The van der Waals surface area contributed by atoms with Gasteiger partial charge in [0.1, 0.15) is 5.02 Å². The fourth-order valence-electron chi connectivity index (χ4n) is 0.818. The van der Waals surface area contributed by atoms with Crippen LogP contribution in [0.3, 0.4) is 0 Å². The van der Waals surface area contributed by atoms with Crippen molar-refractivity contribution >= 4 is 17.3 Å². The molecule has 0 spiro atoms. The highest BCUT2D eigenvalue weighted by Gasteiger charge is 2.06. The first kappa shape index (κ1) is 9.76. The maximum absolute atomic E-state index is 11.4. The van der Waals surface area contributed by atoms with Crippen LogP contribution in [0.5, 0.6) is 0 Å². The molecule has 0 saturated carbocycles. The second kappa shape index (κ2) is 4.06. The van der Waals surface area contributed by atoms with Gasteiger partial charge in [-0.1, -0.05) is 17.7 Å². The van der Waals surface area contributed by atoms with Gasteiger partial charge in [0.05, 0.1) is 18.4 Å². The molecule has 0 radical (unpaired) electrons. The molecule has 0 bridgehead atoms. The van der Waals surface area contributed by atoms with Gasteiger partial charge in [-0.05, 0) is 0 Å². The zero-order valence-electron chi connectivity index (χ0n) is 6.83. The molecule has 70 valence electrons. The van der Waals surface area contributed by atoms with Crippen LogP contribution in [0.2, 0.25) is 5.02 Å². The van der Waals surface area contributed by atoms with Crippen molar-refractivity contribution in [2.75, 3.05) is 5.43 Å². The molecule has 6 heteroatoms. The summed E-state index contributed by atoms with van der Waals surface area (Å²) in [5.41, 5.74) is 2.19. The Hall–Kier alpha value is -1.33. The van der Waals surface area contributed by atoms with E-state index in [4.69, 9.17) is 17.4 Å². The number of anilines is 1. The highest BCUT2D eigenvalue weighted by atomic mass is 35.5. The smallest absolute Gasteiger partial charge is 0.287 e. The average Bonchev–Trinajstić information content (AvgIpc) is 2.14. The van der Waals surface area contributed by atoms with Gasteiger partial charge in [0.25, 0.3) is 5.56 Å². The lowest BCUT2D eigenvalue weighted by Crippen LogP contribution is -2.24. The number of hydrazine groups is 1. The minimum atomic E-state index is -0.392. The van der Waals surface area contributed by atoms with Crippen LogP contribution < -0.4 is 16.8 Å². The van der Waals surface area contributed by atoms with Crippen LogP contribution in [0.25, 0.3) is 0 Å². The topological polar surface area (TPSA) is 72.9 Å². The number of nitrogens with two attached hydrogens (primary N) is 1. The lowest BCUT2D eigenvalue weighted by molar-refractivity contribution is 0.653. The van der Waals surface area contributed by atoms with Crippen molar-refractivity contribution in [1.82, 2.24) is 9.78 Å². The second-order valence-electron chi connectivity index (χ2n) is 2.29. The lowest BCUT2D eigenvalue weighted by Gasteiger charge is -2.04. The first-order valence-corrected chi connectivity index (χ1v) is 3.91. The van der Waals surface area contributed by atoms with Gasteiger partial charge in [-0.3, -0.25) is 10.6 Å². The largest absolute Gasteiger partial charge is 0.321 e. The van der Waals surface area contributed by atoms with E-state index in [0.717, 1.165) is 0 Å². The van der Waals surface area contributed by atoms with Crippen LogP contribution in [-0.4, -0.2) is 9.78 Å². The summed E-state index contributed by atoms with van der Waals surface area (Å²) < 4.78 is 1.19. The molecule has 1 heterocycles. The number of halogens is 1. The molecule has 1 rings (SSSR count). The third kappa shape index (κ3) is 1.88. The third-order valence-electron chi connectivity index (χ3n) is 1.44. The summed E-state index contributed by atoms with van der Waals surface area (Å²) in [6.45, 7) is 3.81. The Balaban J connectivity index is 3.23. The molecule has 1 aromatic rings. The molecule has 0 aromatic carbocycles. The SMILES string of the molecule is C=CCn1ncc(NN)c(Cl)c1=O. The predicted octanol–water partition coefficient (Wildman–Crippen LogP) is 0.368. The van der Waals surface area contributed by atoms with Crippen molar-refractivity contribution < 1.29 is 0 Å². The maximum Gasteiger partial charge on any atom is 0.287 e. The number of hydrogen-bond acceptors (Lipinski definition) is 4. The Morgan fingerprint density at radius 3 is 3.08 bits per heavy atom. The molecule has 0 fully saturated rings. The third-order valence-corrected chi connectivity index (χ3v) is 1.81. The van der Waals surface area contributed by atoms with Gasteiger partial charge in [0.2, 0.25) is 0 Å². The number of nitrogens with zero attached hydrogens (tertiary/aromatic N) is 2. The molecule has 0 amide bonds. The molecular weight excluding hydrogens is 192 g/mol. The van der Waals surface area contributed by atoms with Gasteiger partial charge in [0.15, 0.2) is 0 Å². The summed E-state index contributed by atoms with van der Waals surface area (Å²) in [4.78, 5) is 11.4. The molecule has 0 unspecified atom stereocenters. The molecule has 3 N–H and O–H groups in total. The number of nitrogens with one attached hydrogen (secondary N) is 1. The first-order chi connectivity index (χ1) is 6.20. The Morgan fingerprint density at radius 2 is 2.54 bits per heavy atom. The maximum atomic E-state index is 11.4. The summed E-state index contributed by atoms with van der Waals surface area (Å²) in [5.74, 6) is 5.10. The van der Waals surface area contributed by atoms with Gasteiger partial charge in [-0.25, -0.2) is 4.68 Å². The van der Waals surface area contributed by atoms with Gasteiger partial charge < -0.3 is 5.43 Å². The van der Waals surface area contributed by atoms with Crippen molar-refractivity contribution in [3.05, 3.63) is 34.2 Å². The van der Waals surface area contributed by atoms with Crippen LogP contribution in [0.15, 0.2) is 23.6 Å². The Kier molecular flexibility index (Phi) is 3.05. The molecule has 0 saturated heterocycles. The number of rotatable bonds is 3. The van der Waals surface area contributed by atoms with Gasteiger partial charge in [-0.15, -0.1) is 6.58 Å². The van der Waals surface area contributed by atoms with Crippen LogP contribution in [0.4, 0.5) is 5.69 Å². The molecule has 0 aliphatic carbocycles. The summed E-state index contributed by atoms with van der Waals surface area (Å²) in [5, 5.41) is 3.83. The summed E-state index contributed by atoms with van der Waals surface area (Å²) >= 11 is 5.68. The van der Waals surface area contributed by atoms with Gasteiger partial charge in [-0.2, -0.15) is 5.10 Å². The highest BCUT2D eigenvalue weighted by molar-refractivity contribution is 6.32. The van der Waals surface area contributed by atoms with E-state index < -0.39 is 5.56 Å². The lowest BCUT2D eigenvalue weighted by atomic mass is 10.4. The van der Waals surface area contributed by atoms with E-state index in [0.29, 0.717) is 12.2 Å². The van der Waals surface area contributed by atoms with E-state index in [9.17, 15) is 4.79 Å². The van der Waals surface area contributed by atoms with E-state index in [2.05, 4.69) is 17.1 Å². The van der Waals surface area contributed by atoms with E-state index in [1.54, 1.807) is 6.08 Å². The summed E-state index contributed by atoms with van der Waals surface area (Å²) in [7, 11) is 0. The van der Waals surface area contributed by atoms with Crippen molar-refractivity contribution in [1.29, 1.82) is 0 Å². The zero-order chi connectivity index (χ0) is 9.84. The predicted molar refractivity (Wildman–Crippen MR) is 51.5 cm³/mol. The standard InChI is InChI=1S/C7H9ClN4O/c1-2-3-12-7(13)6(8)5(11-9)4-10-12/h2,4,11H,1,3,9H2. The quantitative estimate of drug-likeness (QED) is 0.420. The van der Waals surface area contributed by atoms with Crippen molar-refractivity contribution in [3.8, 4) is 0 Å². The fourth-order valence-corrected chi connectivity index (χ4v) is 1.02. The fraction of sp³-hybridized carbons (Fsp3) is 0.143. The molecule has 1 aromatic heterocycles. The molecule has 0 atom stereocenters. The van der Waals surface area contributed by atoms with Crippen molar-refractivity contribution in [2.45, 2.75) is 6.54 Å². The number of aromatic nitrogens is 2. The molecule has 0 aliphatic heterocycles. The Labute approximate surface area is 79.8 Å². The molecule has 13 heavy (non-hydrogen) atoms. The van der Waals surface area contributed by atoms with E-state index in [1.807, 2.05) is 0 Å². The Morgan fingerprint density at radius 1 is 1.85 bits per heavy atom. The minimum absolute atomic E-state index is 0.0272. The van der Waals surface area contributed by atoms with Crippen LogP contribution in [0, 0.1) is 0 Å². The summed E-state index contributed by atoms with van der Waals surface area (Å²) in [6, 6.07) is 0. The minimum Gasteiger partial charge on any atom is -0.321 e. The van der Waals surface area contributed by atoms with Gasteiger partial charge in [0, 0.05) is 0 Å².